The second-order valence-electron chi connectivity index (χ2n) is 5.28. The molecule has 0 aliphatic carbocycles. The van der Waals surface area contributed by atoms with Crippen molar-refractivity contribution in [3.8, 4) is 0 Å². The van der Waals surface area contributed by atoms with Gasteiger partial charge >= 0.3 is 0 Å². The van der Waals surface area contributed by atoms with Crippen LogP contribution in [-0.2, 0) is 0 Å². The van der Waals surface area contributed by atoms with Crippen LogP contribution >= 0.6 is 11.8 Å². The Balaban J connectivity index is 1.98. The van der Waals surface area contributed by atoms with E-state index in [0.29, 0.717) is 5.25 Å². The molecule has 0 aromatic heterocycles. The molecule has 1 aliphatic rings. The van der Waals surface area contributed by atoms with Crippen molar-refractivity contribution < 1.29 is 4.79 Å². The minimum atomic E-state index is 0.0378. The van der Waals surface area contributed by atoms with Crippen molar-refractivity contribution in [1.29, 1.82) is 0 Å². The van der Waals surface area contributed by atoms with Crippen molar-refractivity contribution in [2.24, 2.45) is 0 Å². The van der Waals surface area contributed by atoms with E-state index in [0.717, 1.165) is 29.9 Å². The molecule has 2 N–H and O–H groups in total. The van der Waals surface area contributed by atoms with Gasteiger partial charge in [0.25, 0.3) is 5.91 Å². The predicted octanol–water partition coefficient (Wildman–Crippen LogP) is 3.44. The lowest BCUT2D eigenvalue weighted by Crippen LogP contribution is -2.32. The fourth-order valence-corrected chi connectivity index (χ4v) is 3.70. The molecule has 3 nitrogen and oxygen atoms in total. The molecule has 20 heavy (non-hydrogen) atoms. The van der Waals surface area contributed by atoms with Crippen LogP contribution in [0.4, 0.5) is 5.69 Å². The zero-order valence-corrected chi connectivity index (χ0v) is 13.2. The number of nitrogens with one attached hydrogen (secondary N) is 2. The molecular weight excluding hydrogens is 268 g/mol. The smallest absolute Gasteiger partial charge is 0.253 e. The van der Waals surface area contributed by atoms with Crippen molar-refractivity contribution in [2.75, 3.05) is 24.2 Å². The van der Waals surface area contributed by atoms with E-state index in [1.54, 1.807) is 0 Å². The van der Waals surface area contributed by atoms with Gasteiger partial charge in [0, 0.05) is 24.0 Å². The lowest BCUT2D eigenvalue weighted by molar-refractivity contribution is 0.0954. The third-order valence-electron chi connectivity index (χ3n) is 3.55. The molecule has 1 amide bonds. The molecule has 0 radical (unpaired) electrons. The summed E-state index contributed by atoms with van der Waals surface area (Å²) >= 11 is 1.99. The van der Waals surface area contributed by atoms with Crippen LogP contribution in [0, 0.1) is 6.92 Å². The molecule has 1 aromatic carbocycles. The van der Waals surface area contributed by atoms with E-state index in [1.807, 2.05) is 43.8 Å². The number of anilines is 1. The fraction of sp³-hybridized carbons (Fsp3) is 0.562. The summed E-state index contributed by atoms with van der Waals surface area (Å²) in [6, 6.07) is 5.98. The number of carbonyl (C=O) groups excluding carboxylic acids is 1. The van der Waals surface area contributed by atoms with Crippen LogP contribution in [0.1, 0.15) is 42.1 Å². The van der Waals surface area contributed by atoms with Crippen LogP contribution in [-0.4, -0.2) is 30.0 Å². The maximum atomic E-state index is 12.4. The van der Waals surface area contributed by atoms with Gasteiger partial charge in [-0.25, -0.2) is 0 Å². The highest BCUT2D eigenvalue weighted by Gasteiger charge is 2.16. The lowest BCUT2D eigenvalue weighted by atomic mass is 10.1. The van der Waals surface area contributed by atoms with Crippen LogP contribution in [0.3, 0.4) is 0 Å². The summed E-state index contributed by atoms with van der Waals surface area (Å²) < 4.78 is 0. The SMILES string of the molecule is CCNc1ccc(C)cc1C(=O)NCC1CCCCS1. The predicted molar refractivity (Wildman–Crippen MR) is 87.8 cm³/mol. The van der Waals surface area contributed by atoms with Gasteiger partial charge in [-0.1, -0.05) is 18.1 Å². The molecule has 1 aliphatic heterocycles. The monoisotopic (exact) mass is 292 g/mol. The van der Waals surface area contributed by atoms with Gasteiger partial charge in [0.2, 0.25) is 0 Å². The summed E-state index contributed by atoms with van der Waals surface area (Å²) in [5.41, 5.74) is 2.79. The summed E-state index contributed by atoms with van der Waals surface area (Å²) in [6.45, 7) is 5.66. The molecule has 1 atom stereocenters. The van der Waals surface area contributed by atoms with Gasteiger partial charge < -0.3 is 10.6 Å². The van der Waals surface area contributed by atoms with E-state index in [1.165, 1.54) is 25.0 Å². The number of rotatable bonds is 5. The molecule has 0 saturated carbocycles. The van der Waals surface area contributed by atoms with Crippen molar-refractivity contribution in [3.05, 3.63) is 29.3 Å². The first-order valence-electron chi connectivity index (χ1n) is 7.45. The van der Waals surface area contributed by atoms with Gasteiger partial charge in [-0.15, -0.1) is 0 Å². The van der Waals surface area contributed by atoms with E-state index in [2.05, 4.69) is 10.6 Å². The van der Waals surface area contributed by atoms with Crippen LogP contribution in [0.25, 0.3) is 0 Å². The highest BCUT2D eigenvalue weighted by atomic mass is 32.2. The molecule has 1 saturated heterocycles. The van der Waals surface area contributed by atoms with Crippen molar-refractivity contribution >= 4 is 23.4 Å². The Morgan fingerprint density at radius 1 is 1.40 bits per heavy atom. The first-order chi connectivity index (χ1) is 9.70. The number of aryl methyl sites for hydroxylation is 1. The molecule has 0 spiro atoms. The second-order valence-corrected chi connectivity index (χ2v) is 6.69. The maximum absolute atomic E-state index is 12.4. The average molecular weight is 292 g/mol. The van der Waals surface area contributed by atoms with Gasteiger partial charge in [0.15, 0.2) is 0 Å². The van der Waals surface area contributed by atoms with Gasteiger partial charge in [0.1, 0.15) is 0 Å². The van der Waals surface area contributed by atoms with E-state index < -0.39 is 0 Å². The molecule has 0 bridgehead atoms. The molecule has 110 valence electrons. The second kappa shape index (κ2) is 7.58. The topological polar surface area (TPSA) is 41.1 Å². The van der Waals surface area contributed by atoms with Crippen molar-refractivity contribution in [1.82, 2.24) is 5.32 Å². The number of thioether (sulfide) groups is 1. The van der Waals surface area contributed by atoms with Crippen LogP contribution < -0.4 is 10.6 Å². The number of hydrogen-bond acceptors (Lipinski definition) is 3. The number of benzene rings is 1. The van der Waals surface area contributed by atoms with E-state index in [-0.39, 0.29) is 5.91 Å². The Labute approximate surface area is 125 Å². The molecule has 1 unspecified atom stereocenters. The first kappa shape index (κ1) is 15.2. The van der Waals surface area contributed by atoms with Crippen LogP contribution in [0.2, 0.25) is 0 Å². The third-order valence-corrected chi connectivity index (χ3v) is 4.95. The quantitative estimate of drug-likeness (QED) is 0.873. The van der Waals surface area contributed by atoms with E-state index in [9.17, 15) is 4.79 Å². The summed E-state index contributed by atoms with van der Waals surface area (Å²) in [5, 5.41) is 6.93. The molecule has 2 rings (SSSR count). The number of amides is 1. The van der Waals surface area contributed by atoms with E-state index >= 15 is 0 Å². The molecule has 4 heteroatoms. The largest absolute Gasteiger partial charge is 0.385 e. The Bertz CT molecular complexity index is 456. The Hall–Kier alpha value is -1.16. The minimum Gasteiger partial charge on any atom is -0.385 e. The zero-order valence-electron chi connectivity index (χ0n) is 12.4. The molecule has 1 heterocycles. The maximum Gasteiger partial charge on any atom is 0.253 e. The Morgan fingerprint density at radius 3 is 2.95 bits per heavy atom. The third kappa shape index (κ3) is 4.17. The standard InChI is InChI=1S/C16H24N2OS/c1-3-17-15-8-7-12(2)10-14(15)16(19)18-11-13-6-4-5-9-20-13/h7-8,10,13,17H,3-6,9,11H2,1-2H3,(H,18,19). The van der Waals surface area contributed by atoms with Crippen LogP contribution in [0.5, 0.6) is 0 Å². The number of hydrogen-bond donors (Lipinski definition) is 2. The first-order valence-corrected chi connectivity index (χ1v) is 8.50. The normalized spacial score (nSPS) is 18.6. The molecule has 1 fully saturated rings. The number of carbonyl (C=O) groups is 1. The van der Waals surface area contributed by atoms with Crippen LogP contribution in [0.15, 0.2) is 18.2 Å². The highest BCUT2D eigenvalue weighted by Crippen LogP contribution is 2.24. The van der Waals surface area contributed by atoms with Crippen molar-refractivity contribution in [3.63, 3.8) is 0 Å². The average Bonchev–Trinajstić information content (AvgIpc) is 2.48. The van der Waals surface area contributed by atoms with E-state index in [4.69, 9.17) is 0 Å². The molecule has 1 aromatic rings. The summed E-state index contributed by atoms with van der Waals surface area (Å²) in [4.78, 5) is 12.4. The fourth-order valence-electron chi connectivity index (χ4n) is 2.46. The summed E-state index contributed by atoms with van der Waals surface area (Å²) in [6.07, 6.45) is 3.83. The Kier molecular flexibility index (Phi) is 5.77. The minimum absolute atomic E-state index is 0.0378. The summed E-state index contributed by atoms with van der Waals surface area (Å²) in [7, 11) is 0. The molecular formula is C16H24N2OS. The van der Waals surface area contributed by atoms with Crippen molar-refractivity contribution in [2.45, 2.75) is 38.4 Å². The van der Waals surface area contributed by atoms with Gasteiger partial charge in [-0.3, -0.25) is 4.79 Å². The lowest BCUT2D eigenvalue weighted by Gasteiger charge is -2.21. The van der Waals surface area contributed by atoms with Gasteiger partial charge in [-0.2, -0.15) is 11.8 Å². The van der Waals surface area contributed by atoms with Gasteiger partial charge in [-0.05, 0) is 44.6 Å². The van der Waals surface area contributed by atoms with Gasteiger partial charge in [0.05, 0.1) is 5.56 Å². The highest BCUT2D eigenvalue weighted by molar-refractivity contribution is 7.99. The summed E-state index contributed by atoms with van der Waals surface area (Å²) in [5.74, 6) is 1.27. The Morgan fingerprint density at radius 2 is 2.25 bits per heavy atom. The zero-order chi connectivity index (χ0) is 14.4.